The molecule has 4 rings (SSSR count). The van der Waals surface area contributed by atoms with Crippen molar-refractivity contribution in [1.82, 2.24) is 14.8 Å². The Morgan fingerprint density at radius 1 is 1.06 bits per heavy atom. The van der Waals surface area contributed by atoms with Crippen LogP contribution in [-0.4, -0.2) is 20.7 Å². The highest BCUT2D eigenvalue weighted by atomic mass is 19.1. The van der Waals surface area contributed by atoms with Crippen LogP contribution in [0, 0.1) is 19.7 Å². The van der Waals surface area contributed by atoms with Crippen LogP contribution in [0.25, 0.3) is 0 Å². The summed E-state index contributed by atoms with van der Waals surface area (Å²) in [5.41, 5.74) is 4.11. The molecule has 2 aromatic carbocycles. The molecule has 0 atom stereocenters. The van der Waals surface area contributed by atoms with Crippen molar-refractivity contribution in [1.29, 1.82) is 0 Å². The van der Waals surface area contributed by atoms with Gasteiger partial charge in [-0.3, -0.25) is 9.48 Å². The number of halogens is 1. The summed E-state index contributed by atoms with van der Waals surface area (Å²) in [6, 6.07) is 18.5. The number of ether oxygens (including phenoxy) is 1. The van der Waals surface area contributed by atoms with Gasteiger partial charge in [0.25, 0.3) is 5.91 Å². The van der Waals surface area contributed by atoms with Gasteiger partial charge in [-0.05, 0) is 67.9 Å². The molecule has 156 valence electrons. The molecule has 2 aromatic heterocycles. The molecule has 0 fully saturated rings. The molecule has 0 aliphatic carbocycles. The van der Waals surface area contributed by atoms with Crippen LogP contribution in [-0.2, 0) is 6.54 Å². The van der Waals surface area contributed by atoms with Crippen molar-refractivity contribution < 1.29 is 13.9 Å². The van der Waals surface area contributed by atoms with E-state index < -0.39 is 0 Å². The number of nitrogens with zero attached hydrogens (tertiary/aromatic N) is 3. The van der Waals surface area contributed by atoms with Gasteiger partial charge in [-0.1, -0.05) is 12.1 Å². The molecule has 0 radical (unpaired) electrons. The first-order valence-electron chi connectivity index (χ1n) is 9.77. The molecule has 7 heteroatoms. The summed E-state index contributed by atoms with van der Waals surface area (Å²) in [6.45, 7) is 4.56. The van der Waals surface area contributed by atoms with E-state index in [1.54, 1.807) is 18.2 Å². The van der Waals surface area contributed by atoms with Crippen molar-refractivity contribution in [3.8, 4) is 11.6 Å². The number of carbonyl (C=O) groups excluding carboxylic acids is 1. The van der Waals surface area contributed by atoms with E-state index in [-0.39, 0.29) is 11.7 Å². The summed E-state index contributed by atoms with van der Waals surface area (Å²) in [4.78, 5) is 16.9. The SMILES string of the molecule is Cc1cc(C)n(Cc2cccc(C(=O)Nc3ccc(Oc4ccc(F)cc4)nc3)c2)n1. The fourth-order valence-electron chi connectivity index (χ4n) is 3.16. The largest absolute Gasteiger partial charge is 0.439 e. The van der Waals surface area contributed by atoms with Crippen LogP contribution in [0.5, 0.6) is 11.6 Å². The number of rotatable bonds is 6. The summed E-state index contributed by atoms with van der Waals surface area (Å²) in [6.07, 6.45) is 1.51. The lowest BCUT2D eigenvalue weighted by atomic mass is 10.1. The number of nitrogens with one attached hydrogen (secondary N) is 1. The van der Waals surface area contributed by atoms with E-state index in [0.717, 1.165) is 17.0 Å². The second kappa shape index (κ2) is 8.79. The van der Waals surface area contributed by atoms with Gasteiger partial charge in [0.1, 0.15) is 11.6 Å². The normalized spacial score (nSPS) is 10.7. The minimum Gasteiger partial charge on any atom is -0.439 e. The predicted molar refractivity (Wildman–Crippen MR) is 116 cm³/mol. The Bertz CT molecular complexity index is 1200. The third-order valence-corrected chi connectivity index (χ3v) is 4.66. The summed E-state index contributed by atoms with van der Waals surface area (Å²) in [5, 5.41) is 7.30. The van der Waals surface area contributed by atoms with E-state index in [4.69, 9.17) is 4.74 Å². The Balaban J connectivity index is 1.41. The number of aryl methyl sites for hydroxylation is 2. The average molecular weight is 416 g/mol. The van der Waals surface area contributed by atoms with Crippen LogP contribution >= 0.6 is 0 Å². The predicted octanol–water partition coefficient (Wildman–Crippen LogP) is 5.13. The monoisotopic (exact) mass is 416 g/mol. The highest BCUT2D eigenvalue weighted by Crippen LogP contribution is 2.21. The second-order valence-corrected chi connectivity index (χ2v) is 7.18. The molecule has 0 aliphatic heterocycles. The molecule has 1 amide bonds. The van der Waals surface area contributed by atoms with Gasteiger partial charge in [0.15, 0.2) is 0 Å². The summed E-state index contributed by atoms with van der Waals surface area (Å²) < 4.78 is 20.5. The first-order valence-corrected chi connectivity index (χ1v) is 9.77. The van der Waals surface area contributed by atoms with Crippen LogP contribution in [0.2, 0.25) is 0 Å². The number of hydrogen-bond acceptors (Lipinski definition) is 4. The molecule has 31 heavy (non-hydrogen) atoms. The standard InChI is InChI=1S/C24H21FN4O2/c1-16-12-17(2)29(28-16)15-18-4-3-5-19(13-18)24(30)27-21-8-11-23(26-14-21)31-22-9-6-20(25)7-10-22/h3-14H,15H2,1-2H3,(H,27,30). The van der Waals surface area contributed by atoms with Gasteiger partial charge in [-0.25, -0.2) is 9.37 Å². The van der Waals surface area contributed by atoms with Crippen LogP contribution in [0.3, 0.4) is 0 Å². The van der Waals surface area contributed by atoms with Crippen LogP contribution in [0.15, 0.2) is 72.9 Å². The Morgan fingerprint density at radius 2 is 1.87 bits per heavy atom. The van der Waals surface area contributed by atoms with Gasteiger partial charge in [0.2, 0.25) is 5.88 Å². The van der Waals surface area contributed by atoms with Crippen molar-refractivity contribution in [3.05, 3.63) is 101 Å². The second-order valence-electron chi connectivity index (χ2n) is 7.18. The zero-order chi connectivity index (χ0) is 21.8. The van der Waals surface area contributed by atoms with Crippen molar-refractivity contribution in [2.75, 3.05) is 5.32 Å². The van der Waals surface area contributed by atoms with Crippen molar-refractivity contribution >= 4 is 11.6 Å². The number of anilines is 1. The molecule has 0 unspecified atom stereocenters. The molecular formula is C24H21FN4O2. The number of benzene rings is 2. The maximum atomic E-state index is 13.0. The number of hydrogen-bond donors (Lipinski definition) is 1. The van der Waals surface area contributed by atoms with Crippen LogP contribution < -0.4 is 10.1 Å². The average Bonchev–Trinajstić information content (AvgIpc) is 3.08. The van der Waals surface area contributed by atoms with E-state index in [0.29, 0.717) is 29.4 Å². The molecule has 0 saturated heterocycles. The van der Waals surface area contributed by atoms with E-state index in [2.05, 4.69) is 15.4 Å². The number of aromatic nitrogens is 3. The maximum absolute atomic E-state index is 13.0. The highest BCUT2D eigenvalue weighted by Gasteiger charge is 2.09. The van der Waals surface area contributed by atoms with Crippen molar-refractivity contribution in [3.63, 3.8) is 0 Å². The van der Waals surface area contributed by atoms with E-state index in [1.165, 1.54) is 30.5 Å². The summed E-state index contributed by atoms with van der Waals surface area (Å²) in [5.74, 6) is 0.253. The molecule has 1 N–H and O–H groups in total. The quantitative estimate of drug-likeness (QED) is 0.473. The zero-order valence-electron chi connectivity index (χ0n) is 17.2. The molecule has 0 saturated carbocycles. The fourth-order valence-corrected chi connectivity index (χ4v) is 3.16. The lowest BCUT2D eigenvalue weighted by Gasteiger charge is -2.09. The van der Waals surface area contributed by atoms with Crippen molar-refractivity contribution in [2.24, 2.45) is 0 Å². The van der Waals surface area contributed by atoms with Gasteiger partial charge in [-0.15, -0.1) is 0 Å². The Kier molecular flexibility index (Phi) is 5.75. The van der Waals surface area contributed by atoms with Crippen molar-refractivity contribution in [2.45, 2.75) is 20.4 Å². The van der Waals surface area contributed by atoms with E-state index in [1.807, 2.05) is 42.8 Å². The maximum Gasteiger partial charge on any atom is 0.255 e. The number of carbonyl (C=O) groups is 1. The topological polar surface area (TPSA) is 69.0 Å². The molecule has 4 aromatic rings. The first-order chi connectivity index (χ1) is 15.0. The fraction of sp³-hybridized carbons (Fsp3) is 0.125. The highest BCUT2D eigenvalue weighted by molar-refractivity contribution is 6.04. The molecule has 2 heterocycles. The molecule has 0 spiro atoms. The minimum absolute atomic E-state index is 0.232. The van der Waals surface area contributed by atoms with Crippen LogP contribution in [0.1, 0.15) is 27.3 Å². The van der Waals surface area contributed by atoms with Gasteiger partial charge in [0.05, 0.1) is 24.1 Å². The Hall–Kier alpha value is -4.00. The summed E-state index contributed by atoms with van der Waals surface area (Å²) in [7, 11) is 0. The van der Waals surface area contributed by atoms with Gasteiger partial charge < -0.3 is 10.1 Å². The zero-order valence-corrected chi connectivity index (χ0v) is 17.2. The molecule has 6 nitrogen and oxygen atoms in total. The van der Waals surface area contributed by atoms with Gasteiger partial charge in [0, 0.05) is 17.3 Å². The Morgan fingerprint density at radius 3 is 2.55 bits per heavy atom. The summed E-state index contributed by atoms with van der Waals surface area (Å²) >= 11 is 0. The smallest absolute Gasteiger partial charge is 0.255 e. The Labute approximate surface area is 179 Å². The minimum atomic E-state index is -0.336. The first kappa shape index (κ1) is 20.3. The van der Waals surface area contributed by atoms with Crippen LogP contribution in [0.4, 0.5) is 10.1 Å². The van der Waals surface area contributed by atoms with Gasteiger partial charge >= 0.3 is 0 Å². The number of amides is 1. The lowest BCUT2D eigenvalue weighted by Crippen LogP contribution is -2.13. The molecule has 0 bridgehead atoms. The number of pyridine rings is 1. The molecule has 0 aliphatic rings. The lowest BCUT2D eigenvalue weighted by molar-refractivity contribution is 0.102. The van der Waals surface area contributed by atoms with E-state index >= 15 is 0 Å². The van der Waals surface area contributed by atoms with Gasteiger partial charge in [-0.2, -0.15) is 5.10 Å². The third-order valence-electron chi connectivity index (χ3n) is 4.66. The third kappa shape index (κ3) is 5.14. The van der Waals surface area contributed by atoms with E-state index in [9.17, 15) is 9.18 Å². The molecular weight excluding hydrogens is 395 g/mol.